The molecule has 3 aromatic rings. The van der Waals surface area contributed by atoms with Crippen LogP contribution >= 0.6 is 0 Å². The Hall–Kier alpha value is -2.97. The molecular formula is C14H11F3N6. The van der Waals surface area contributed by atoms with Gasteiger partial charge < -0.3 is 5.32 Å². The van der Waals surface area contributed by atoms with E-state index in [1.165, 1.54) is 6.20 Å². The maximum atomic E-state index is 12.6. The first-order valence-electron chi connectivity index (χ1n) is 6.58. The molecule has 0 radical (unpaired) electrons. The minimum absolute atomic E-state index is 0.0480. The number of halogens is 3. The Kier molecular flexibility index (Phi) is 3.68. The lowest BCUT2D eigenvalue weighted by atomic mass is 10.4. The zero-order valence-corrected chi connectivity index (χ0v) is 11.9. The summed E-state index contributed by atoms with van der Waals surface area (Å²) in [6.45, 7) is 1.72. The van der Waals surface area contributed by atoms with E-state index >= 15 is 0 Å². The van der Waals surface area contributed by atoms with Gasteiger partial charge in [-0.3, -0.25) is 4.98 Å². The Morgan fingerprint density at radius 3 is 2.65 bits per heavy atom. The highest BCUT2D eigenvalue weighted by molar-refractivity contribution is 5.55. The van der Waals surface area contributed by atoms with Crippen LogP contribution in [0.1, 0.15) is 11.4 Å². The molecule has 0 atom stereocenters. The van der Waals surface area contributed by atoms with Crippen molar-refractivity contribution in [3.8, 4) is 5.95 Å². The van der Waals surface area contributed by atoms with Crippen molar-refractivity contribution < 1.29 is 13.2 Å². The number of alkyl halides is 3. The van der Waals surface area contributed by atoms with E-state index in [-0.39, 0.29) is 5.95 Å². The number of hydrogen-bond donors (Lipinski definition) is 1. The maximum Gasteiger partial charge on any atom is 0.435 e. The molecule has 0 aliphatic carbocycles. The van der Waals surface area contributed by atoms with E-state index in [0.29, 0.717) is 17.2 Å². The van der Waals surface area contributed by atoms with Crippen molar-refractivity contribution in [2.24, 2.45) is 0 Å². The van der Waals surface area contributed by atoms with Crippen molar-refractivity contribution in [3.05, 3.63) is 54.2 Å². The average molecular weight is 320 g/mol. The fraction of sp³-hybridized carbons (Fsp3) is 0.143. The second kappa shape index (κ2) is 5.67. The predicted octanol–water partition coefficient (Wildman–Crippen LogP) is 3.13. The van der Waals surface area contributed by atoms with E-state index in [9.17, 15) is 13.2 Å². The van der Waals surface area contributed by atoms with Gasteiger partial charge in [-0.15, -0.1) is 0 Å². The molecule has 3 heterocycles. The summed E-state index contributed by atoms with van der Waals surface area (Å²) in [6, 6.07) is 6.09. The summed E-state index contributed by atoms with van der Waals surface area (Å²) >= 11 is 0. The SMILES string of the molecule is Cc1cc(Nc2cccnc2)nc(-n2ccc(C(F)(F)F)n2)n1. The highest BCUT2D eigenvalue weighted by Gasteiger charge is 2.33. The molecule has 6 nitrogen and oxygen atoms in total. The lowest BCUT2D eigenvalue weighted by Crippen LogP contribution is -2.09. The second-order valence-electron chi connectivity index (χ2n) is 4.70. The summed E-state index contributed by atoms with van der Waals surface area (Å²) in [4.78, 5) is 12.3. The Labute approximate surface area is 129 Å². The minimum atomic E-state index is -4.51. The lowest BCUT2D eigenvalue weighted by molar-refractivity contribution is -0.141. The molecule has 1 N–H and O–H groups in total. The molecule has 0 unspecified atom stereocenters. The molecule has 0 saturated carbocycles. The highest BCUT2D eigenvalue weighted by atomic mass is 19.4. The molecule has 0 bridgehead atoms. The Balaban J connectivity index is 1.93. The number of nitrogens with one attached hydrogen (secondary N) is 1. The van der Waals surface area contributed by atoms with Gasteiger partial charge in [0.2, 0.25) is 0 Å². The number of aryl methyl sites for hydroxylation is 1. The number of rotatable bonds is 3. The van der Waals surface area contributed by atoms with Crippen LogP contribution in [0, 0.1) is 6.92 Å². The van der Waals surface area contributed by atoms with Gasteiger partial charge in [0.05, 0.1) is 11.9 Å². The summed E-state index contributed by atoms with van der Waals surface area (Å²) in [7, 11) is 0. The first kappa shape index (κ1) is 14.9. The third-order valence-electron chi connectivity index (χ3n) is 2.86. The third kappa shape index (κ3) is 3.44. The minimum Gasteiger partial charge on any atom is -0.339 e. The Morgan fingerprint density at radius 1 is 1.17 bits per heavy atom. The van der Waals surface area contributed by atoms with Crippen LogP contribution in [-0.4, -0.2) is 24.7 Å². The van der Waals surface area contributed by atoms with Crippen molar-refractivity contribution >= 4 is 11.5 Å². The van der Waals surface area contributed by atoms with Gasteiger partial charge in [-0.05, 0) is 25.1 Å². The van der Waals surface area contributed by atoms with Crippen molar-refractivity contribution in [3.63, 3.8) is 0 Å². The number of nitrogens with zero attached hydrogens (tertiary/aromatic N) is 5. The smallest absolute Gasteiger partial charge is 0.339 e. The molecule has 3 rings (SSSR count). The van der Waals surface area contributed by atoms with Gasteiger partial charge >= 0.3 is 6.18 Å². The van der Waals surface area contributed by atoms with Gasteiger partial charge in [0.25, 0.3) is 5.95 Å². The quantitative estimate of drug-likeness (QED) is 0.803. The summed E-state index contributed by atoms with van der Waals surface area (Å²) < 4.78 is 38.9. The van der Waals surface area contributed by atoms with Gasteiger partial charge in [0, 0.05) is 24.2 Å². The number of hydrogen-bond acceptors (Lipinski definition) is 5. The molecule has 118 valence electrons. The van der Waals surface area contributed by atoms with Crippen LogP contribution in [-0.2, 0) is 6.18 Å². The third-order valence-corrected chi connectivity index (χ3v) is 2.86. The fourth-order valence-electron chi connectivity index (χ4n) is 1.89. The summed E-state index contributed by atoms with van der Waals surface area (Å²) in [5.41, 5.74) is 0.294. The van der Waals surface area contributed by atoms with Gasteiger partial charge in [-0.25, -0.2) is 9.67 Å². The molecule has 0 aromatic carbocycles. The van der Waals surface area contributed by atoms with Gasteiger partial charge in [0.15, 0.2) is 5.69 Å². The number of aromatic nitrogens is 5. The van der Waals surface area contributed by atoms with Crippen LogP contribution in [0.25, 0.3) is 5.95 Å². The maximum absolute atomic E-state index is 12.6. The lowest BCUT2D eigenvalue weighted by Gasteiger charge is -2.08. The molecule has 23 heavy (non-hydrogen) atoms. The van der Waals surface area contributed by atoms with Gasteiger partial charge in [-0.2, -0.15) is 23.3 Å². The summed E-state index contributed by atoms with van der Waals surface area (Å²) in [5.74, 6) is 0.483. The molecule has 0 aliphatic rings. The molecule has 9 heteroatoms. The van der Waals surface area contributed by atoms with E-state index in [1.807, 2.05) is 0 Å². The van der Waals surface area contributed by atoms with Crippen molar-refractivity contribution in [2.75, 3.05) is 5.32 Å². The first-order valence-corrected chi connectivity index (χ1v) is 6.58. The van der Waals surface area contributed by atoms with E-state index in [1.54, 1.807) is 37.5 Å². The molecule has 0 spiro atoms. The predicted molar refractivity (Wildman–Crippen MR) is 76.4 cm³/mol. The van der Waals surface area contributed by atoms with E-state index in [2.05, 4.69) is 25.4 Å². The zero-order valence-electron chi connectivity index (χ0n) is 11.9. The Bertz CT molecular complexity index is 813. The van der Waals surface area contributed by atoms with Gasteiger partial charge in [-0.1, -0.05) is 0 Å². The van der Waals surface area contributed by atoms with E-state index < -0.39 is 11.9 Å². The second-order valence-corrected chi connectivity index (χ2v) is 4.70. The number of anilines is 2. The molecule has 0 aliphatic heterocycles. The van der Waals surface area contributed by atoms with Crippen LogP contribution in [0.2, 0.25) is 0 Å². The normalized spacial score (nSPS) is 11.5. The van der Waals surface area contributed by atoms with Crippen LogP contribution in [0.4, 0.5) is 24.7 Å². The topological polar surface area (TPSA) is 68.5 Å². The van der Waals surface area contributed by atoms with Crippen LogP contribution in [0.15, 0.2) is 42.9 Å². The van der Waals surface area contributed by atoms with E-state index in [4.69, 9.17) is 0 Å². The highest BCUT2D eigenvalue weighted by Crippen LogP contribution is 2.27. The van der Waals surface area contributed by atoms with Crippen LogP contribution < -0.4 is 5.32 Å². The van der Waals surface area contributed by atoms with Crippen molar-refractivity contribution in [1.82, 2.24) is 24.7 Å². The molecule has 0 amide bonds. The zero-order chi connectivity index (χ0) is 16.4. The molecule has 3 aromatic heterocycles. The number of pyridine rings is 1. The molecular weight excluding hydrogens is 309 g/mol. The largest absolute Gasteiger partial charge is 0.435 e. The summed E-state index contributed by atoms with van der Waals surface area (Å²) in [6.07, 6.45) is -0.103. The summed E-state index contributed by atoms with van der Waals surface area (Å²) in [5, 5.41) is 6.48. The standard InChI is InChI=1S/C14H11F3N6/c1-9-7-12(20-10-3-2-5-18-8-10)21-13(19-9)23-6-4-11(22-23)14(15,16)17/h2-8H,1H3,(H,19,20,21). The fourth-order valence-corrected chi connectivity index (χ4v) is 1.89. The molecule has 0 saturated heterocycles. The van der Waals surface area contributed by atoms with Crippen molar-refractivity contribution in [2.45, 2.75) is 13.1 Å². The first-order chi connectivity index (χ1) is 10.9. The van der Waals surface area contributed by atoms with Crippen LogP contribution in [0.5, 0.6) is 0 Å². The Morgan fingerprint density at radius 2 is 2.00 bits per heavy atom. The van der Waals surface area contributed by atoms with Gasteiger partial charge in [0.1, 0.15) is 5.82 Å². The average Bonchev–Trinajstić information content (AvgIpc) is 2.97. The van der Waals surface area contributed by atoms with E-state index in [0.717, 1.165) is 10.7 Å². The monoisotopic (exact) mass is 320 g/mol. The molecule has 0 fully saturated rings. The van der Waals surface area contributed by atoms with Crippen LogP contribution in [0.3, 0.4) is 0 Å². The van der Waals surface area contributed by atoms with Crippen molar-refractivity contribution in [1.29, 1.82) is 0 Å².